The molecule has 0 aliphatic rings. The van der Waals surface area contributed by atoms with E-state index >= 15 is 0 Å². The molecule has 2 aromatic heterocycles. The van der Waals surface area contributed by atoms with Crippen molar-refractivity contribution in [3.8, 4) is 11.5 Å². The Bertz CT molecular complexity index is 547. The molecule has 0 bridgehead atoms. The lowest BCUT2D eigenvalue weighted by molar-refractivity contribution is 0.0696. The van der Waals surface area contributed by atoms with Gasteiger partial charge in [-0.25, -0.2) is 19.7 Å². The Hall–Kier alpha value is -2.57. The van der Waals surface area contributed by atoms with Gasteiger partial charge in [0, 0.05) is 12.4 Å². The summed E-state index contributed by atoms with van der Waals surface area (Å²) < 4.78 is 0. The zero-order chi connectivity index (χ0) is 12.4. The second kappa shape index (κ2) is 4.12. The first-order chi connectivity index (χ1) is 8.09. The Morgan fingerprint density at radius 2 is 2.12 bits per heavy atom. The van der Waals surface area contributed by atoms with Crippen molar-refractivity contribution in [3.05, 3.63) is 29.8 Å². The molecule has 0 aromatic carbocycles. The van der Waals surface area contributed by atoms with E-state index in [9.17, 15) is 4.79 Å². The molecule has 0 radical (unpaired) electrons. The van der Waals surface area contributed by atoms with Gasteiger partial charge in [0.1, 0.15) is 17.1 Å². The highest BCUT2D eigenvalue weighted by molar-refractivity contribution is 5.94. The molecule has 0 aliphatic heterocycles. The topological polar surface area (TPSA) is 115 Å². The van der Waals surface area contributed by atoms with Crippen molar-refractivity contribution >= 4 is 11.8 Å². The Labute approximate surface area is 96.4 Å². The number of nitrogen functional groups attached to an aromatic ring is 1. The van der Waals surface area contributed by atoms with Gasteiger partial charge in [0.15, 0.2) is 5.82 Å². The molecule has 2 heterocycles. The predicted molar refractivity (Wildman–Crippen MR) is 59.2 cm³/mol. The van der Waals surface area contributed by atoms with Gasteiger partial charge < -0.3 is 10.8 Å². The SMILES string of the molecule is Cc1nc(-c2cnccn2)nc(N)c1C(=O)O. The van der Waals surface area contributed by atoms with Crippen LogP contribution in [0.1, 0.15) is 16.1 Å². The first kappa shape index (κ1) is 10.9. The number of hydrogen-bond donors (Lipinski definition) is 2. The number of aryl methyl sites for hydroxylation is 1. The lowest BCUT2D eigenvalue weighted by Gasteiger charge is -2.06. The molecular weight excluding hydrogens is 222 g/mol. The second-order valence-corrected chi connectivity index (χ2v) is 3.29. The van der Waals surface area contributed by atoms with E-state index in [0.717, 1.165) is 0 Å². The van der Waals surface area contributed by atoms with Gasteiger partial charge in [0.2, 0.25) is 0 Å². The summed E-state index contributed by atoms with van der Waals surface area (Å²) in [7, 11) is 0. The summed E-state index contributed by atoms with van der Waals surface area (Å²) in [6.45, 7) is 1.56. The van der Waals surface area contributed by atoms with Crippen LogP contribution in [-0.2, 0) is 0 Å². The zero-order valence-electron chi connectivity index (χ0n) is 8.95. The fraction of sp³-hybridized carbons (Fsp3) is 0.100. The van der Waals surface area contributed by atoms with Gasteiger partial charge in [-0.1, -0.05) is 0 Å². The van der Waals surface area contributed by atoms with E-state index in [2.05, 4.69) is 19.9 Å². The lowest BCUT2D eigenvalue weighted by atomic mass is 10.2. The van der Waals surface area contributed by atoms with E-state index in [1.165, 1.54) is 18.6 Å². The first-order valence-corrected chi connectivity index (χ1v) is 4.73. The van der Waals surface area contributed by atoms with Gasteiger partial charge >= 0.3 is 5.97 Å². The Morgan fingerprint density at radius 1 is 1.35 bits per heavy atom. The molecule has 2 aromatic rings. The second-order valence-electron chi connectivity index (χ2n) is 3.29. The fourth-order valence-corrected chi connectivity index (χ4v) is 1.39. The van der Waals surface area contributed by atoms with E-state index in [1.54, 1.807) is 6.92 Å². The highest BCUT2D eigenvalue weighted by Crippen LogP contribution is 2.18. The van der Waals surface area contributed by atoms with Crippen LogP contribution in [0.5, 0.6) is 0 Å². The van der Waals surface area contributed by atoms with Gasteiger partial charge in [-0.2, -0.15) is 0 Å². The number of hydrogen-bond acceptors (Lipinski definition) is 6. The summed E-state index contributed by atoms with van der Waals surface area (Å²) in [5.74, 6) is -0.963. The van der Waals surface area contributed by atoms with Crippen LogP contribution >= 0.6 is 0 Å². The van der Waals surface area contributed by atoms with E-state index in [-0.39, 0.29) is 17.2 Å². The standard InChI is InChI=1S/C10H9N5O2/c1-5-7(10(16)17)8(11)15-9(14-5)6-4-12-2-3-13-6/h2-4H,1H3,(H,16,17)(H2,11,14,15). The van der Waals surface area contributed by atoms with Crippen LogP contribution in [0.25, 0.3) is 11.5 Å². The molecule has 0 saturated heterocycles. The van der Waals surface area contributed by atoms with Gasteiger partial charge in [0.25, 0.3) is 0 Å². The minimum absolute atomic E-state index is 0.0781. The van der Waals surface area contributed by atoms with Crippen LogP contribution < -0.4 is 5.73 Å². The number of anilines is 1. The van der Waals surface area contributed by atoms with Gasteiger partial charge in [0.05, 0.1) is 11.9 Å². The number of aromatic carboxylic acids is 1. The Balaban J connectivity index is 2.57. The molecule has 17 heavy (non-hydrogen) atoms. The first-order valence-electron chi connectivity index (χ1n) is 4.73. The number of carbonyl (C=O) groups is 1. The van der Waals surface area contributed by atoms with Crippen molar-refractivity contribution in [2.45, 2.75) is 6.92 Å². The number of aromatic nitrogens is 4. The van der Waals surface area contributed by atoms with Crippen LogP contribution in [-0.4, -0.2) is 31.0 Å². The predicted octanol–water partition coefficient (Wildman–Crippen LogP) is 0.522. The number of carboxylic acids is 1. The average molecular weight is 231 g/mol. The van der Waals surface area contributed by atoms with Gasteiger partial charge in [-0.15, -0.1) is 0 Å². The van der Waals surface area contributed by atoms with E-state index < -0.39 is 5.97 Å². The highest BCUT2D eigenvalue weighted by Gasteiger charge is 2.16. The third-order valence-corrected chi connectivity index (χ3v) is 2.12. The molecule has 0 spiro atoms. The molecule has 0 unspecified atom stereocenters. The molecule has 0 aliphatic carbocycles. The molecule has 0 atom stereocenters. The summed E-state index contributed by atoms with van der Waals surface area (Å²) in [5.41, 5.74) is 6.24. The number of rotatable bonds is 2. The van der Waals surface area contributed by atoms with Crippen molar-refractivity contribution < 1.29 is 9.90 Å². The molecule has 7 nitrogen and oxygen atoms in total. The summed E-state index contributed by atoms with van der Waals surface area (Å²) in [4.78, 5) is 26.8. The van der Waals surface area contributed by atoms with Crippen molar-refractivity contribution in [2.75, 3.05) is 5.73 Å². The minimum Gasteiger partial charge on any atom is -0.477 e. The maximum absolute atomic E-state index is 10.9. The summed E-state index contributed by atoms with van der Waals surface area (Å²) in [5, 5.41) is 8.92. The monoisotopic (exact) mass is 231 g/mol. The maximum atomic E-state index is 10.9. The van der Waals surface area contributed by atoms with E-state index in [0.29, 0.717) is 11.4 Å². The normalized spacial score (nSPS) is 10.2. The molecular formula is C10H9N5O2. The third-order valence-electron chi connectivity index (χ3n) is 2.12. The molecule has 2 rings (SSSR count). The zero-order valence-corrected chi connectivity index (χ0v) is 8.95. The van der Waals surface area contributed by atoms with Crippen LogP contribution in [0.15, 0.2) is 18.6 Å². The average Bonchev–Trinajstić information content (AvgIpc) is 2.28. The highest BCUT2D eigenvalue weighted by atomic mass is 16.4. The maximum Gasteiger partial charge on any atom is 0.341 e. The summed E-state index contributed by atoms with van der Waals surface area (Å²) in [6, 6.07) is 0. The van der Waals surface area contributed by atoms with E-state index in [4.69, 9.17) is 10.8 Å². The fourth-order valence-electron chi connectivity index (χ4n) is 1.39. The lowest BCUT2D eigenvalue weighted by Crippen LogP contribution is -2.10. The molecule has 0 fully saturated rings. The van der Waals surface area contributed by atoms with Crippen LogP contribution in [0, 0.1) is 6.92 Å². The quantitative estimate of drug-likeness (QED) is 0.774. The van der Waals surface area contributed by atoms with Gasteiger partial charge in [-0.05, 0) is 6.92 Å². The summed E-state index contributed by atoms with van der Waals surface area (Å²) in [6.07, 6.45) is 4.50. The van der Waals surface area contributed by atoms with Gasteiger partial charge in [-0.3, -0.25) is 4.98 Å². The molecule has 86 valence electrons. The third kappa shape index (κ3) is 2.03. The Morgan fingerprint density at radius 3 is 2.65 bits per heavy atom. The molecule has 7 heteroatoms. The minimum atomic E-state index is -1.15. The van der Waals surface area contributed by atoms with Crippen LogP contribution in [0.4, 0.5) is 5.82 Å². The number of carboxylic acid groups (broad SMARTS) is 1. The molecule has 0 amide bonds. The molecule has 3 N–H and O–H groups in total. The van der Waals surface area contributed by atoms with Crippen LogP contribution in [0.2, 0.25) is 0 Å². The largest absolute Gasteiger partial charge is 0.477 e. The molecule has 0 saturated carbocycles. The Kier molecular flexibility index (Phi) is 2.65. The van der Waals surface area contributed by atoms with Crippen molar-refractivity contribution in [1.82, 2.24) is 19.9 Å². The van der Waals surface area contributed by atoms with Crippen molar-refractivity contribution in [1.29, 1.82) is 0 Å². The number of nitrogens with zero attached hydrogens (tertiary/aromatic N) is 4. The van der Waals surface area contributed by atoms with Crippen molar-refractivity contribution in [3.63, 3.8) is 0 Å². The van der Waals surface area contributed by atoms with Crippen molar-refractivity contribution in [2.24, 2.45) is 0 Å². The van der Waals surface area contributed by atoms with Crippen LogP contribution in [0.3, 0.4) is 0 Å². The smallest absolute Gasteiger partial charge is 0.341 e. The van der Waals surface area contributed by atoms with E-state index in [1.807, 2.05) is 0 Å². The number of nitrogens with two attached hydrogens (primary N) is 1. The summed E-state index contributed by atoms with van der Waals surface area (Å²) >= 11 is 0.